The zero-order valence-electron chi connectivity index (χ0n) is 15.8. The van der Waals surface area contributed by atoms with E-state index in [1.54, 1.807) is 41.5 Å². The van der Waals surface area contributed by atoms with Crippen molar-refractivity contribution in [3.8, 4) is 0 Å². The van der Waals surface area contributed by atoms with Crippen LogP contribution in [0.15, 0.2) is 0 Å². The van der Waals surface area contributed by atoms with Gasteiger partial charge in [-0.3, -0.25) is 0 Å². The number of carbonyl (C=O) groups excluding carboxylic acids is 3. The molecule has 0 fully saturated rings. The molecule has 0 bridgehead atoms. The summed E-state index contributed by atoms with van der Waals surface area (Å²) in [6, 6.07) is 0. The third-order valence-electron chi connectivity index (χ3n) is 2.69. The Labute approximate surface area is 145 Å². The monoisotopic (exact) mass is 344 g/mol. The lowest BCUT2D eigenvalue weighted by Crippen LogP contribution is -2.38. The summed E-state index contributed by atoms with van der Waals surface area (Å²) < 4.78 is 10.5. The highest BCUT2D eigenvalue weighted by atomic mass is 16.6. The first-order valence-electron chi connectivity index (χ1n) is 8.33. The number of nitrogens with zero attached hydrogens (tertiary/aromatic N) is 1. The standard InChI is InChI=1S/C17H32N2O5/c1-16(2,3)23-14(21)18-10-7-8-11-19(12-9-13-20)15(22)24-17(4,5)6/h13H,7-12H2,1-6H3,(H,18,21). The predicted molar refractivity (Wildman–Crippen MR) is 92.0 cm³/mol. The number of rotatable bonds is 8. The highest BCUT2D eigenvalue weighted by Crippen LogP contribution is 2.11. The first-order valence-corrected chi connectivity index (χ1v) is 8.33. The minimum absolute atomic E-state index is 0.273. The number of alkyl carbamates (subject to hydrolysis) is 1. The molecule has 0 heterocycles. The van der Waals surface area contributed by atoms with E-state index in [4.69, 9.17) is 9.47 Å². The molecule has 0 aromatic carbocycles. The summed E-state index contributed by atoms with van der Waals surface area (Å²) in [5.74, 6) is 0. The quantitative estimate of drug-likeness (QED) is 0.540. The molecule has 24 heavy (non-hydrogen) atoms. The van der Waals surface area contributed by atoms with Crippen molar-refractivity contribution in [2.45, 2.75) is 72.0 Å². The number of unbranched alkanes of at least 4 members (excludes halogenated alkanes) is 1. The van der Waals surface area contributed by atoms with Crippen LogP contribution in [0.3, 0.4) is 0 Å². The van der Waals surface area contributed by atoms with Gasteiger partial charge >= 0.3 is 12.2 Å². The van der Waals surface area contributed by atoms with Gasteiger partial charge in [0, 0.05) is 26.1 Å². The third-order valence-corrected chi connectivity index (χ3v) is 2.69. The van der Waals surface area contributed by atoms with Crippen LogP contribution in [0.2, 0.25) is 0 Å². The SMILES string of the molecule is CC(C)(C)OC(=O)NCCCCN(CCC=O)C(=O)OC(C)(C)C. The van der Waals surface area contributed by atoms with Crippen LogP contribution in [0, 0.1) is 0 Å². The number of nitrogens with one attached hydrogen (secondary N) is 1. The summed E-state index contributed by atoms with van der Waals surface area (Å²) >= 11 is 0. The van der Waals surface area contributed by atoms with Gasteiger partial charge in [-0.05, 0) is 54.4 Å². The van der Waals surface area contributed by atoms with E-state index in [2.05, 4.69) is 5.32 Å². The summed E-state index contributed by atoms with van der Waals surface area (Å²) in [5, 5.41) is 2.67. The highest BCUT2D eigenvalue weighted by Gasteiger charge is 2.21. The molecule has 0 saturated carbocycles. The van der Waals surface area contributed by atoms with E-state index in [1.165, 1.54) is 4.90 Å². The van der Waals surface area contributed by atoms with Crippen LogP contribution < -0.4 is 5.32 Å². The molecule has 0 aromatic rings. The minimum atomic E-state index is -0.575. The topological polar surface area (TPSA) is 84.9 Å². The third kappa shape index (κ3) is 12.7. The number of aldehydes is 1. The number of ether oxygens (including phenoxy) is 2. The Bertz CT molecular complexity index is 410. The molecular weight excluding hydrogens is 312 g/mol. The Morgan fingerprint density at radius 3 is 2.04 bits per heavy atom. The fourth-order valence-corrected chi connectivity index (χ4v) is 1.76. The lowest BCUT2D eigenvalue weighted by atomic mass is 10.2. The highest BCUT2D eigenvalue weighted by molar-refractivity contribution is 5.68. The van der Waals surface area contributed by atoms with Gasteiger partial charge in [-0.25, -0.2) is 9.59 Å². The summed E-state index contributed by atoms with van der Waals surface area (Å²) in [6.07, 6.45) is 1.56. The van der Waals surface area contributed by atoms with Gasteiger partial charge in [0.1, 0.15) is 17.5 Å². The number of carbonyl (C=O) groups is 3. The second kappa shape index (κ2) is 10.2. The van der Waals surface area contributed by atoms with Crippen LogP contribution in [-0.4, -0.2) is 54.2 Å². The largest absolute Gasteiger partial charge is 0.444 e. The Morgan fingerprint density at radius 1 is 0.958 bits per heavy atom. The van der Waals surface area contributed by atoms with Crippen molar-refractivity contribution in [3.63, 3.8) is 0 Å². The van der Waals surface area contributed by atoms with Gasteiger partial charge in [0.05, 0.1) is 0 Å². The molecule has 0 atom stereocenters. The van der Waals surface area contributed by atoms with Crippen molar-refractivity contribution in [2.24, 2.45) is 0 Å². The van der Waals surface area contributed by atoms with Gasteiger partial charge in [0.25, 0.3) is 0 Å². The predicted octanol–water partition coefficient (Wildman–Crippen LogP) is 3.12. The molecule has 0 aliphatic rings. The minimum Gasteiger partial charge on any atom is -0.444 e. The molecule has 1 N–H and O–H groups in total. The van der Waals surface area contributed by atoms with Gasteiger partial charge in [-0.1, -0.05) is 0 Å². The van der Waals surface area contributed by atoms with Crippen molar-refractivity contribution < 1.29 is 23.9 Å². The van der Waals surface area contributed by atoms with Gasteiger partial charge in [-0.2, -0.15) is 0 Å². The molecule has 0 aliphatic carbocycles. The molecule has 0 aromatic heterocycles. The van der Waals surface area contributed by atoms with Gasteiger partial charge in [0.15, 0.2) is 0 Å². The van der Waals surface area contributed by atoms with Crippen molar-refractivity contribution in [3.05, 3.63) is 0 Å². The molecule has 0 aliphatic heterocycles. The van der Waals surface area contributed by atoms with E-state index in [1.807, 2.05) is 0 Å². The molecule has 140 valence electrons. The van der Waals surface area contributed by atoms with Gasteiger partial charge < -0.3 is 24.5 Å². The Morgan fingerprint density at radius 2 is 1.54 bits per heavy atom. The van der Waals surface area contributed by atoms with Crippen LogP contribution in [0.1, 0.15) is 60.8 Å². The van der Waals surface area contributed by atoms with Crippen LogP contribution in [0.25, 0.3) is 0 Å². The fourth-order valence-electron chi connectivity index (χ4n) is 1.76. The van der Waals surface area contributed by atoms with Crippen LogP contribution >= 0.6 is 0 Å². The zero-order chi connectivity index (χ0) is 18.8. The van der Waals surface area contributed by atoms with E-state index in [9.17, 15) is 14.4 Å². The maximum atomic E-state index is 12.1. The molecule has 0 rings (SSSR count). The number of hydrogen-bond acceptors (Lipinski definition) is 5. The van der Waals surface area contributed by atoms with E-state index in [0.717, 1.165) is 6.29 Å². The van der Waals surface area contributed by atoms with E-state index in [-0.39, 0.29) is 6.42 Å². The maximum Gasteiger partial charge on any atom is 0.410 e. The first kappa shape index (κ1) is 22.2. The molecule has 2 amide bonds. The average Bonchev–Trinajstić information content (AvgIpc) is 2.37. The smallest absolute Gasteiger partial charge is 0.410 e. The summed E-state index contributed by atoms with van der Waals surface area (Å²) in [5.41, 5.74) is -1.10. The van der Waals surface area contributed by atoms with Crippen molar-refractivity contribution in [2.75, 3.05) is 19.6 Å². The molecule has 0 saturated heterocycles. The van der Waals surface area contributed by atoms with E-state index >= 15 is 0 Å². The Balaban J connectivity index is 4.17. The fraction of sp³-hybridized carbons (Fsp3) is 0.824. The van der Waals surface area contributed by atoms with Crippen molar-refractivity contribution in [1.29, 1.82) is 0 Å². The average molecular weight is 344 g/mol. The molecule has 0 radical (unpaired) electrons. The maximum absolute atomic E-state index is 12.1. The van der Waals surface area contributed by atoms with E-state index < -0.39 is 23.4 Å². The first-order chi connectivity index (χ1) is 10.9. The normalized spacial score (nSPS) is 11.6. The molecule has 7 heteroatoms. The van der Waals surface area contributed by atoms with Gasteiger partial charge in [0.2, 0.25) is 0 Å². The molecule has 0 unspecified atom stereocenters. The van der Waals surface area contributed by atoms with E-state index in [0.29, 0.717) is 32.5 Å². The van der Waals surface area contributed by atoms with Crippen molar-refractivity contribution >= 4 is 18.5 Å². The number of amides is 2. The van der Waals surface area contributed by atoms with Crippen LogP contribution in [0.5, 0.6) is 0 Å². The molecule has 7 nitrogen and oxygen atoms in total. The lowest BCUT2D eigenvalue weighted by molar-refractivity contribution is -0.108. The summed E-state index contributed by atoms with van der Waals surface area (Å²) in [7, 11) is 0. The second-order valence-corrected chi connectivity index (χ2v) is 7.56. The summed E-state index contributed by atoms with van der Waals surface area (Å²) in [4.78, 5) is 35.7. The summed E-state index contributed by atoms with van der Waals surface area (Å²) in [6.45, 7) is 12.1. The second-order valence-electron chi connectivity index (χ2n) is 7.56. The zero-order valence-corrected chi connectivity index (χ0v) is 15.8. The lowest BCUT2D eigenvalue weighted by Gasteiger charge is -2.27. The Kier molecular flexibility index (Phi) is 9.40. The number of hydrogen-bond donors (Lipinski definition) is 1. The molecule has 0 spiro atoms. The Hall–Kier alpha value is -1.79. The van der Waals surface area contributed by atoms with Gasteiger partial charge in [-0.15, -0.1) is 0 Å². The van der Waals surface area contributed by atoms with Crippen LogP contribution in [0.4, 0.5) is 9.59 Å². The van der Waals surface area contributed by atoms with Crippen LogP contribution in [-0.2, 0) is 14.3 Å². The van der Waals surface area contributed by atoms with Crippen molar-refractivity contribution in [1.82, 2.24) is 10.2 Å². The molecular formula is C17H32N2O5.